The number of amides is 1. The van der Waals surface area contributed by atoms with Crippen LogP contribution in [0.5, 0.6) is 0 Å². The second kappa shape index (κ2) is 8.60. The predicted molar refractivity (Wildman–Crippen MR) is 89.8 cm³/mol. The smallest absolute Gasteiger partial charge is 0.225 e. The highest BCUT2D eigenvalue weighted by Crippen LogP contribution is 2.12. The van der Waals surface area contributed by atoms with E-state index in [1.54, 1.807) is 0 Å². The maximum Gasteiger partial charge on any atom is 0.225 e. The molecule has 19 heavy (non-hydrogen) atoms. The topological polar surface area (TPSA) is 70.7 Å². The van der Waals surface area contributed by atoms with Gasteiger partial charge in [0.1, 0.15) is 0 Å². The largest absolute Gasteiger partial charge is 0.370 e. The van der Waals surface area contributed by atoms with Gasteiger partial charge in [-0.3, -0.25) is 9.79 Å². The number of halogens is 1. The van der Waals surface area contributed by atoms with Gasteiger partial charge >= 0.3 is 0 Å². The molecule has 1 amide bonds. The van der Waals surface area contributed by atoms with Crippen LogP contribution in [0.2, 0.25) is 0 Å². The van der Waals surface area contributed by atoms with E-state index in [4.69, 9.17) is 5.73 Å². The SMILES string of the molecule is CC(C)(C)C(=O)NCCN=C(N)N1CCCCC1.I. The van der Waals surface area contributed by atoms with Gasteiger partial charge in [0.2, 0.25) is 5.91 Å². The Morgan fingerprint density at radius 2 is 1.84 bits per heavy atom. The molecule has 0 aromatic heterocycles. The number of aliphatic imine (C=N–C) groups is 1. The summed E-state index contributed by atoms with van der Waals surface area (Å²) >= 11 is 0. The molecule has 0 spiro atoms. The molecule has 1 fully saturated rings. The van der Waals surface area contributed by atoms with E-state index in [0.717, 1.165) is 13.1 Å². The Morgan fingerprint density at radius 3 is 2.37 bits per heavy atom. The van der Waals surface area contributed by atoms with Crippen molar-refractivity contribution >= 4 is 35.8 Å². The molecule has 3 N–H and O–H groups in total. The molecule has 1 rings (SSSR count). The van der Waals surface area contributed by atoms with E-state index in [2.05, 4.69) is 15.2 Å². The second-order valence-corrected chi connectivity index (χ2v) is 5.79. The van der Waals surface area contributed by atoms with Gasteiger partial charge in [0.15, 0.2) is 5.96 Å². The first-order chi connectivity index (χ1) is 8.41. The van der Waals surface area contributed by atoms with E-state index in [1.807, 2.05) is 20.8 Å². The van der Waals surface area contributed by atoms with Crippen LogP contribution >= 0.6 is 24.0 Å². The highest BCUT2D eigenvalue weighted by molar-refractivity contribution is 14.0. The molecule has 1 aliphatic heterocycles. The zero-order valence-corrected chi connectivity index (χ0v) is 14.6. The van der Waals surface area contributed by atoms with Crippen LogP contribution in [0.1, 0.15) is 40.0 Å². The minimum Gasteiger partial charge on any atom is -0.370 e. The van der Waals surface area contributed by atoms with Crippen molar-refractivity contribution in [3.05, 3.63) is 0 Å². The molecule has 0 unspecified atom stereocenters. The van der Waals surface area contributed by atoms with Crippen LogP contribution in [-0.2, 0) is 4.79 Å². The highest BCUT2D eigenvalue weighted by atomic mass is 127. The molecule has 0 bridgehead atoms. The fraction of sp³-hybridized carbons (Fsp3) is 0.846. The van der Waals surface area contributed by atoms with Crippen molar-refractivity contribution in [3.63, 3.8) is 0 Å². The van der Waals surface area contributed by atoms with Gasteiger partial charge < -0.3 is 16.0 Å². The molecule has 1 heterocycles. The third-order valence-corrected chi connectivity index (χ3v) is 3.03. The number of guanidine groups is 1. The number of carbonyl (C=O) groups excluding carboxylic acids is 1. The zero-order chi connectivity index (χ0) is 13.6. The van der Waals surface area contributed by atoms with E-state index in [0.29, 0.717) is 19.0 Å². The molecule has 0 atom stereocenters. The first-order valence-electron chi connectivity index (χ1n) is 6.74. The molecular weight excluding hydrogens is 355 g/mol. The van der Waals surface area contributed by atoms with Crippen LogP contribution in [0.4, 0.5) is 0 Å². The number of nitrogens with two attached hydrogens (primary N) is 1. The van der Waals surface area contributed by atoms with Crippen molar-refractivity contribution in [2.75, 3.05) is 26.2 Å². The minimum atomic E-state index is -0.345. The summed E-state index contributed by atoms with van der Waals surface area (Å²) in [6.45, 7) is 8.79. The van der Waals surface area contributed by atoms with E-state index in [1.165, 1.54) is 19.3 Å². The van der Waals surface area contributed by atoms with Crippen molar-refractivity contribution in [1.82, 2.24) is 10.2 Å². The summed E-state index contributed by atoms with van der Waals surface area (Å²) in [5, 5.41) is 2.86. The first kappa shape index (κ1) is 18.5. The Hall–Kier alpha value is -0.530. The Kier molecular flexibility index (Phi) is 8.36. The third-order valence-electron chi connectivity index (χ3n) is 3.03. The highest BCUT2D eigenvalue weighted by Gasteiger charge is 2.20. The first-order valence-corrected chi connectivity index (χ1v) is 6.74. The summed E-state index contributed by atoms with van der Waals surface area (Å²) in [6.07, 6.45) is 3.67. The fourth-order valence-corrected chi connectivity index (χ4v) is 1.83. The number of nitrogens with one attached hydrogen (secondary N) is 1. The van der Waals surface area contributed by atoms with Gasteiger partial charge in [-0.2, -0.15) is 0 Å². The average molecular weight is 382 g/mol. The second-order valence-electron chi connectivity index (χ2n) is 5.79. The summed E-state index contributed by atoms with van der Waals surface area (Å²) in [5.41, 5.74) is 5.57. The van der Waals surface area contributed by atoms with Crippen LogP contribution in [0, 0.1) is 5.41 Å². The van der Waals surface area contributed by atoms with Gasteiger partial charge in [-0.25, -0.2) is 0 Å². The Balaban J connectivity index is 0.00000324. The van der Waals surface area contributed by atoms with Gasteiger partial charge in [-0.1, -0.05) is 20.8 Å². The third kappa shape index (κ3) is 6.98. The maximum atomic E-state index is 11.6. The molecule has 0 saturated carbocycles. The molecule has 5 nitrogen and oxygen atoms in total. The van der Waals surface area contributed by atoms with Crippen molar-refractivity contribution in [1.29, 1.82) is 0 Å². The van der Waals surface area contributed by atoms with Gasteiger partial charge in [0.25, 0.3) is 0 Å². The lowest BCUT2D eigenvalue weighted by Gasteiger charge is -2.27. The molecule has 112 valence electrons. The lowest BCUT2D eigenvalue weighted by Crippen LogP contribution is -2.41. The molecule has 0 aromatic carbocycles. The molecule has 0 aromatic rings. The van der Waals surface area contributed by atoms with Crippen LogP contribution in [0.15, 0.2) is 4.99 Å². The van der Waals surface area contributed by atoms with Crippen LogP contribution in [0.3, 0.4) is 0 Å². The number of piperidine rings is 1. The lowest BCUT2D eigenvalue weighted by molar-refractivity contribution is -0.128. The molecule has 1 aliphatic rings. The van der Waals surface area contributed by atoms with Gasteiger partial charge in [-0.05, 0) is 19.3 Å². The molecule has 1 saturated heterocycles. The monoisotopic (exact) mass is 382 g/mol. The van der Waals surface area contributed by atoms with E-state index in [9.17, 15) is 4.79 Å². The Morgan fingerprint density at radius 1 is 1.26 bits per heavy atom. The van der Waals surface area contributed by atoms with Crippen LogP contribution in [-0.4, -0.2) is 42.9 Å². The number of carbonyl (C=O) groups is 1. The lowest BCUT2D eigenvalue weighted by atomic mass is 9.96. The van der Waals surface area contributed by atoms with Crippen LogP contribution < -0.4 is 11.1 Å². The van der Waals surface area contributed by atoms with E-state index >= 15 is 0 Å². The summed E-state index contributed by atoms with van der Waals surface area (Å²) in [4.78, 5) is 18.0. The van der Waals surface area contributed by atoms with Crippen molar-refractivity contribution in [3.8, 4) is 0 Å². The van der Waals surface area contributed by atoms with Crippen molar-refractivity contribution in [2.24, 2.45) is 16.1 Å². The number of hydrogen-bond acceptors (Lipinski definition) is 2. The average Bonchev–Trinajstić information content (AvgIpc) is 2.34. The molecule has 0 radical (unpaired) electrons. The quantitative estimate of drug-likeness (QED) is 0.337. The molecular formula is C13H27IN4O. The fourth-order valence-electron chi connectivity index (χ4n) is 1.83. The van der Waals surface area contributed by atoms with Gasteiger partial charge in [0.05, 0.1) is 6.54 Å². The Bertz CT molecular complexity index is 306. The minimum absolute atomic E-state index is 0. The summed E-state index contributed by atoms with van der Waals surface area (Å²) in [6, 6.07) is 0. The maximum absolute atomic E-state index is 11.6. The summed E-state index contributed by atoms with van der Waals surface area (Å²) in [5.74, 6) is 0.661. The zero-order valence-electron chi connectivity index (χ0n) is 12.2. The molecule has 6 heteroatoms. The number of rotatable bonds is 3. The summed E-state index contributed by atoms with van der Waals surface area (Å²) < 4.78 is 0. The number of nitrogens with zero attached hydrogens (tertiary/aromatic N) is 2. The predicted octanol–water partition coefficient (Wildman–Crippen LogP) is 1.57. The van der Waals surface area contributed by atoms with Gasteiger partial charge in [0, 0.05) is 25.0 Å². The summed E-state index contributed by atoms with van der Waals surface area (Å²) in [7, 11) is 0. The standard InChI is InChI=1S/C13H26N4O.HI/c1-13(2,3)11(18)15-7-8-16-12(14)17-9-5-4-6-10-17;/h4-10H2,1-3H3,(H2,14,16)(H,15,18);1H. The van der Waals surface area contributed by atoms with Crippen molar-refractivity contribution < 1.29 is 4.79 Å². The number of likely N-dealkylation sites (tertiary alicyclic amines) is 1. The Labute approximate surface area is 133 Å². The normalized spacial score (nSPS) is 16.8. The van der Waals surface area contributed by atoms with E-state index in [-0.39, 0.29) is 35.3 Å². The number of hydrogen-bond donors (Lipinski definition) is 2. The van der Waals surface area contributed by atoms with Crippen molar-refractivity contribution in [2.45, 2.75) is 40.0 Å². The van der Waals surface area contributed by atoms with Crippen LogP contribution in [0.25, 0.3) is 0 Å². The molecule has 0 aliphatic carbocycles. The van der Waals surface area contributed by atoms with Gasteiger partial charge in [-0.15, -0.1) is 24.0 Å². The van der Waals surface area contributed by atoms with E-state index < -0.39 is 0 Å².